The van der Waals surface area contributed by atoms with Gasteiger partial charge in [-0.05, 0) is 18.6 Å². The number of nitrogen functional groups attached to an aromatic ring is 1. The Kier molecular flexibility index (Phi) is 2.21. The van der Waals surface area contributed by atoms with Gasteiger partial charge in [-0.25, -0.2) is 0 Å². The Bertz CT molecular complexity index is 956. The van der Waals surface area contributed by atoms with Gasteiger partial charge in [0.2, 0.25) is 0 Å². The number of nitrogens with two attached hydrogens (primary N) is 1. The summed E-state index contributed by atoms with van der Waals surface area (Å²) < 4.78 is 5.85. The Hall–Kier alpha value is -2.62. The molecule has 0 amide bonds. The minimum atomic E-state index is 0.713. The van der Waals surface area contributed by atoms with Crippen LogP contribution in [0.5, 0.6) is 0 Å². The van der Waals surface area contributed by atoms with E-state index >= 15 is 0 Å². The third kappa shape index (κ3) is 1.42. The average molecular weight is 263 g/mol. The Labute approximate surface area is 115 Å². The second-order valence-corrected chi connectivity index (χ2v) is 4.88. The van der Waals surface area contributed by atoms with E-state index in [4.69, 9.17) is 10.2 Å². The number of fused-ring (bicyclic) bond motifs is 4. The lowest BCUT2D eigenvalue weighted by Gasteiger charge is -2.05. The molecule has 0 unspecified atom stereocenters. The molecule has 2 aromatic heterocycles. The number of furan rings is 1. The molecule has 0 aliphatic carbocycles. The maximum atomic E-state index is 6.20. The van der Waals surface area contributed by atoms with Crippen LogP contribution in [0.3, 0.4) is 0 Å². The number of hydrogen-bond acceptors (Lipinski definition) is 4. The standard InChI is InChI=1S/C16H13N3O/c1-2-12-16(17)11-7-10-9-5-3-4-6-14(9)20-15(10)8-13(11)19-18-12/h3-8H,2H2,1H3,(H2,17,19). The Morgan fingerprint density at radius 2 is 1.85 bits per heavy atom. The quantitative estimate of drug-likeness (QED) is 0.569. The molecule has 0 radical (unpaired) electrons. The molecule has 0 saturated heterocycles. The normalized spacial score (nSPS) is 11.7. The lowest BCUT2D eigenvalue weighted by atomic mass is 10.1. The number of nitrogens with zero attached hydrogens (tertiary/aromatic N) is 2. The number of rotatable bonds is 1. The molecule has 4 nitrogen and oxygen atoms in total. The van der Waals surface area contributed by atoms with Gasteiger partial charge in [-0.15, -0.1) is 5.10 Å². The van der Waals surface area contributed by atoms with Gasteiger partial charge in [0.05, 0.1) is 16.9 Å². The van der Waals surface area contributed by atoms with Crippen LogP contribution >= 0.6 is 0 Å². The number of benzene rings is 2. The van der Waals surface area contributed by atoms with Gasteiger partial charge in [-0.1, -0.05) is 25.1 Å². The summed E-state index contributed by atoms with van der Waals surface area (Å²) in [6.07, 6.45) is 0.777. The first-order valence-corrected chi connectivity index (χ1v) is 6.64. The first-order chi connectivity index (χ1) is 9.78. The van der Waals surface area contributed by atoms with Crippen molar-refractivity contribution in [2.45, 2.75) is 13.3 Å². The monoisotopic (exact) mass is 263 g/mol. The molecule has 0 saturated carbocycles. The van der Waals surface area contributed by atoms with Crippen LogP contribution in [0.25, 0.3) is 32.8 Å². The van der Waals surface area contributed by atoms with Crippen molar-refractivity contribution >= 4 is 38.5 Å². The lowest BCUT2D eigenvalue weighted by molar-refractivity contribution is 0.669. The number of anilines is 1. The maximum Gasteiger partial charge on any atom is 0.137 e. The van der Waals surface area contributed by atoms with Crippen molar-refractivity contribution < 1.29 is 4.42 Å². The topological polar surface area (TPSA) is 64.9 Å². The minimum absolute atomic E-state index is 0.713. The number of aromatic nitrogens is 2. The van der Waals surface area contributed by atoms with E-state index in [9.17, 15) is 0 Å². The largest absolute Gasteiger partial charge is 0.456 e. The molecule has 20 heavy (non-hydrogen) atoms. The van der Waals surface area contributed by atoms with E-state index in [2.05, 4.69) is 22.3 Å². The van der Waals surface area contributed by atoms with E-state index in [-0.39, 0.29) is 0 Å². The zero-order valence-electron chi connectivity index (χ0n) is 11.1. The van der Waals surface area contributed by atoms with E-state index in [1.165, 1.54) is 0 Å². The van der Waals surface area contributed by atoms with Crippen molar-refractivity contribution in [2.75, 3.05) is 5.73 Å². The molecule has 0 aliphatic heterocycles. The van der Waals surface area contributed by atoms with Crippen LogP contribution in [0.4, 0.5) is 5.69 Å². The van der Waals surface area contributed by atoms with Gasteiger partial charge in [0, 0.05) is 22.2 Å². The fourth-order valence-corrected chi connectivity index (χ4v) is 2.64. The van der Waals surface area contributed by atoms with Crippen molar-refractivity contribution in [1.82, 2.24) is 10.2 Å². The summed E-state index contributed by atoms with van der Waals surface area (Å²) in [7, 11) is 0. The summed E-state index contributed by atoms with van der Waals surface area (Å²) in [5, 5.41) is 11.5. The van der Waals surface area contributed by atoms with Crippen LogP contribution in [-0.4, -0.2) is 10.2 Å². The Balaban J connectivity index is 2.19. The SMILES string of the molecule is CCc1nnc2cc3oc4ccccc4c3cc2c1N. The predicted octanol–water partition coefficient (Wildman–Crippen LogP) is 3.67. The molecule has 0 spiro atoms. The summed E-state index contributed by atoms with van der Waals surface area (Å²) in [4.78, 5) is 0. The van der Waals surface area contributed by atoms with Crippen molar-refractivity contribution in [2.24, 2.45) is 0 Å². The van der Waals surface area contributed by atoms with Gasteiger partial charge in [0.15, 0.2) is 0 Å². The van der Waals surface area contributed by atoms with Crippen molar-refractivity contribution in [3.8, 4) is 0 Å². The third-order valence-electron chi connectivity index (χ3n) is 3.71. The van der Waals surface area contributed by atoms with Gasteiger partial charge < -0.3 is 10.2 Å². The van der Waals surface area contributed by atoms with Crippen LogP contribution < -0.4 is 5.73 Å². The van der Waals surface area contributed by atoms with Crippen LogP contribution in [0.15, 0.2) is 40.8 Å². The lowest BCUT2D eigenvalue weighted by Crippen LogP contribution is -2.00. The van der Waals surface area contributed by atoms with Gasteiger partial charge in [-0.2, -0.15) is 5.10 Å². The summed E-state index contributed by atoms with van der Waals surface area (Å²) in [6, 6.07) is 12.0. The third-order valence-corrected chi connectivity index (χ3v) is 3.71. The fourth-order valence-electron chi connectivity index (χ4n) is 2.64. The van der Waals surface area contributed by atoms with E-state index < -0.39 is 0 Å². The van der Waals surface area contributed by atoms with Gasteiger partial charge in [-0.3, -0.25) is 0 Å². The van der Waals surface area contributed by atoms with Crippen molar-refractivity contribution in [3.63, 3.8) is 0 Å². The minimum Gasteiger partial charge on any atom is -0.456 e. The molecule has 98 valence electrons. The van der Waals surface area contributed by atoms with Crippen LogP contribution in [-0.2, 0) is 6.42 Å². The summed E-state index contributed by atoms with van der Waals surface area (Å²) in [5.74, 6) is 0. The molecular formula is C16H13N3O. The highest BCUT2D eigenvalue weighted by atomic mass is 16.3. The van der Waals surface area contributed by atoms with Crippen LogP contribution in [0, 0.1) is 0 Å². The second-order valence-electron chi connectivity index (χ2n) is 4.88. The highest BCUT2D eigenvalue weighted by molar-refractivity contribution is 6.11. The summed E-state index contributed by atoms with van der Waals surface area (Å²) in [5.41, 5.74) is 10.2. The molecule has 4 heteroatoms. The smallest absolute Gasteiger partial charge is 0.137 e. The Morgan fingerprint density at radius 3 is 2.70 bits per heavy atom. The highest BCUT2D eigenvalue weighted by Crippen LogP contribution is 2.33. The van der Waals surface area contributed by atoms with E-state index in [0.717, 1.165) is 45.0 Å². The first kappa shape index (κ1) is 11.2. The van der Waals surface area contributed by atoms with Crippen molar-refractivity contribution in [3.05, 3.63) is 42.1 Å². The molecule has 4 rings (SSSR count). The molecule has 2 heterocycles. The number of aryl methyl sites for hydroxylation is 1. The molecule has 0 fully saturated rings. The zero-order valence-corrected chi connectivity index (χ0v) is 11.1. The molecule has 4 aromatic rings. The number of para-hydroxylation sites is 1. The fraction of sp³-hybridized carbons (Fsp3) is 0.125. The maximum absolute atomic E-state index is 6.20. The van der Waals surface area contributed by atoms with E-state index in [0.29, 0.717) is 5.69 Å². The molecule has 0 atom stereocenters. The van der Waals surface area contributed by atoms with Crippen LogP contribution in [0.1, 0.15) is 12.6 Å². The van der Waals surface area contributed by atoms with Crippen molar-refractivity contribution in [1.29, 1.82) is 0 Å². The molecule has 2 N–H and O–H groups in total. The summed E-state index contributed by atoms with van der Waals surface area (Å²) in [6.45, 7) is 2.03. The van der Waals surface area contributed by atoms with E-state index in [1.54, 1.807) is 0 Å². The second kappa shape index (κ2) is 3.93. The van der Waals surface area contributed by atoms with Gasteiger partial charge in [0.1, 0.15) is 11.2 Å². The van der Waals surface area contributed by atoms with E-state index in [1.807, 2.05) is 31.2 Å². The molecule has 2 aromatic carbocycles. The zero-order chi connectivity index (χ0) is 13.7. The van der Waals surface area contributed by atoms with Gasteiger partial charge >= 0.3 is 0 Å². The molecular weight excluding hydrogens is 250 g/mol. The number of hydrogen-bond donors (Lipinski definition) is 1. The highest BCUT2D eigenvalue weighted by Gasteiger charge is 2.12. The predicted molar refractivity (Wildman–Crippen MR) is 80.6 cm³/mol. The Morgan fingerprint density at radius 1 is 1.00 bits per heavy atom. The van der Waals surface area contributed by atoms with Gasteiger partial charge in [0.25, 0.3) is 0 Å². The average Bonchev–Trinajstić information content (AvgIpc) is 2.83. The van der Waals surface area contributed by atoms with Crippen LogP contribution in [0.2, 0.25) is 0 Å². The molecule has 0 aliphatic rings. The molecule has 0 bridgehead atoms. The first-order valence-electron chi connectivity index (χ1n) is 6.64. The summed E-state index contributed by atoms with van der Waals surface area (Å²) >= 11 is 0.